The second-order valence-corrected chi connectivity index (χ2v) is 0. The molecule has 0 fully saturated rings. The van der Waals surface area contributed by atoms with Crippen molar-refractivity contribution in [1.82, 2.24) is 0 Å². The molecule has 0 aromatic heterocycles. The van der Waals surface area contributed by atoms with Crippen LogP contribution in [0.2, 0.25) is 0 Å². The monoisotopic (exact) mass is 156 g/mol. The molecule has 0 aliphatic heterocycles. The maximum atomic E-state index is 0. The second-order valence-electron chi connectivity index (χ2n) is 0. The van der Waals surface area contributed by atoms with Gasteiger partial charge < -0.3 is 0 Å². The summed E-state index contributed by atoms with van der Waals surface area (Å²) < 4.78 is 0. The van der Waals surface area contributed by atoms with Crippen LogP contribution in [0.25, 0.3) is 0 Å². The summed E-state index contributed by atoms with van der Waals surface area (Å²) in [4.78, 5) is 0. The summed E-state index contributed by atoms with van der Waals surface area (Å²) in [7, 11) is 0. The average Bonchev–Trinajstić information content (AvgIpc) is 0. The molecular weight excluding hydrogens is 156 g/mol. The Labute approximate surface area is 76.5 Å². The van der Waals surface area contributed by atoms with Gasteiger partial charge in [0.25, 0.3) is 0 Å². The van der Waals surface area contributed by atoms with E-state index in [9.17, 15) is 0 Å². The second kappa shape index (κ2) is 177. The molecule has 0 aliphatic carbocycles. The third kappa shape index (κ3) is 125. The molecule has 0 aromatic rings. The molecule has 7 heavy (non-hydrogen) atoms. The van der Waals surface area contributed by atoms with Gasteiger partial charge in [0, 0.05) is 76.7 Å². The molecule has 0 atom stereocenters. The minimum absolute atomic E-state index is 0. The molecule has 0 N–H and O–H groups in total. The van der Waals surface area contributed by atoms with E-state index in [2.05, 4.69) is 0 Å². The normalized spacial score (nSPS) is 0. The zero-order chi connectivity index (χ0) is 0. The van der Waals surface area contributed by atoms with Gasteiger partial charge in [-0.2, -0.15) is 0 Å². The van der Waals surface area contributed by atoms with E-state index in [1.807, 2.05) is 0 Å². The minimum atomic E-state index is 0. The van der Waals surface area contributed by atoms with Crippen molar-refractivity contribution < 1.29 is 26.2 Å². The van der Waals surface area contributed by atoms with Crippen LogP contribution in [0.4, 0.5) is 0 Å². The fraction of sp³-hybridized carbons (Fsp3) is 0. The van der Waals surface area contributed by atoms with Crippen molar-refractivity contribution in [3.63, 3.8) is 0 Å². The van der Waals surface area contributed by atoms with Crippen LogP contribution in [0.5, 0.6) is 0 Å². The molecule has 0 bridgehead atoms. The van der Waals surface area contributed by atoms with Crippen molar-refractivity contribution >= 4 is 50.5 Å². The predicted octanol–water partition coefficient (Wildman–Crippen LogP) is -2.29. The molecule has 7 heteroatoms. The Kier molecular flexibility index (Phi) is 6820. The largest absolute Gasteiger partial charge is 0 e. The Hall–Kier alpha value is 1.27. The first-order valence-electron chi connectivity index (χ1n) is 0. The van der Waals surface area contributed by atoms with E-state index in [4.69, 9.17) is 0 Å². The third-order valence-corrected chi connectivity index (χ3v) is 0. The Bertz CT molecular complexity index is 4.14. The number of hydrogen-bond donors (Lipinski definition) is 0. The molecule has 0 saturated heterocycles. The Balaban J connectivity index is 0. The molecule has 18 radical (unpaired) electrons. The van der Waals surface area contributed by atoms with Crippen LogP contribution in [-0.4, -0.2) is 50.5 Å². The third-order valence-electron chi connectivity index (χ3n) is 0. The van der Waals surface area contributed by atoms with Crippen LogP contribution in [-0.2, 0) is 26.2 Å². The van der Waals surface area contributed by atoms with Crippen LogP contribution in [0.1, 0.15) is 0 Å². The van der Waals surface area contributed by atoms with Gasteiger partial charge in [0.2, 0.25) is 0 Å². The van der Waals surface area contributed by atoms with E-state index in [-0.39, 0.29) is 76.7 Å². The van der Waals surface area contributed by atoms with Gasteiger partial charge in [0.1, 0.15) is 0 Å². The van der Waals surface area contributed by atoms with Crippen molar-refractivity contribution in [2.24, 2.45) is 0 Å². The van der Waals surface area contributed by atoms with Crippen LogP contribution < -0.4 is 0 Å². The SMILES string of the molecule is [B].[B].[B].[B].[B].[B].[Zr]. The van der Waals surface area contributed by atoms with Gasteiger partial charge in [0.15, 0.2) is 0 Å². The quantitative estimate of drug-likeness (QED) is 0.346. The number of hydrogen-bond acceptors (Lipinski definition) is 0. The molecule has 0 unspecified atom stereocenters. The van der Waals surface area contributed by atoms with Crippen LogP contribution in [0.15, 0.2) is 0 Å². The maximum Gasteiger partial charge on any atom is 0 e. The van der Waals surface area contributed by atoms with Crippen molar-refractivity contribution in [2.75, 3.05) is 0 Å². The fourth-order valence-corrected chi connectivity index (χ4v) is 0. The summed E-state index contributed by atoms with van der Waals surface area (Å²) in [5.74, 6) is 0. The Morgan fingerprint density at radius 1 is 0.286 bits per heavy atom. The van der Waals surface area contributed by atoms with E-state index in [0.29, 0.717) is 0 Å². The summed E-state index contributed by atoms with van der Waals surface area (Å²) >= 11 is 0. The van der Waals surface area contributed by atoms with Gasteiger partial charge in [-0.05, 0) is 0 Å². The van der Waals surface area contributed by atoms with Crippen molar-refractivity contribution in [1.29, 1.82) is 0 Å². The fourth-order valence-electron chi connectivity index (χ4n) is 0. The Morgan fingerprint density at radius 2 is 0.286 bits per heavy atom. The molecule has 0 heterocycles. The minimum Gasteiger partial charge on any atom is 0 e. The standard InChI is InChI=1S/6B.Zr. The van der Waals surface area contributed by atoms with Crippen LogP contribution >= 0.6 is 0 Å². The van der Waals surface area contributed by atoms with Gasteiger partial charge in [-0.1, -0.05) is 0 Å². The molecule has 0 aliphatic rings. The summed E-state index contributed by atoms with van der Waals surface area (Å²) in [5, 5.41) is 0. The molecule has 0 aromatic carbocycles. The van der Waals surface area contributed by atoms with Gasteiger partial charge in [-0.15, -0.1) is 0 Å². The average molecular weight is 156 g/mol. The van der Waals surface area contributed by atoms with Crippen LogP contribution in [0.3, 0.4) is 0 Å². The van der Waals surface area contributed by atoms with E-state index in [0.717, 1.165) is 0 Å². The summed E-state index contributed by atoms with van der Waals surface area (Å²) in [6.45, 7) is 0. The zero-order valence-corrected chi connectivity index (χ0v) is 6.42. The first kappa shape index (κ1) is 270. The first-order chi connectivity index (χ1) is 0. The van der Waals surface area contributed by atoms with E-state index >= 15 is 0 Å². The summed E-state index contributed by atoms with van der Waals surface area (Å²) in [5.41, 5.74) is 0. The van der Waals surface area contributed by atoms with E-state index in [1.54, 1.807) is 0 Å². The zero-order valence-electron chi connectivity index (χ0n) is 3.96. The van der Waals surface area contributed by atoms with Gasteiger partial charge >= 0.3 is 0 Å². The summed E-state index contributed by atoms with van der Waals surface area (Å²) in [6.07, 6.45) is 0. The molecule has 0 nitrogen and oxygen atoms in total. The van der Waals surface area contributed by atoms with Gasteiger partial charge in [-0.25, -0.2) is 0 Å². The van der Waals surface area contributed by atoms with Crippen molar-refractivity contribution in [3.05, 3.63) is 0 Å². The summed E-state index contributed by atoms with van der Waals surface area (Å²) in [6, 6.07) is 0. The Morgan fingerprint density at radius 3 is 0.286 bits per heavy atom. The van der Waals surface area contributed by atoms with Gasteiger partial charge in [0.05, 0.1) is 0 Å². The molecule has 0 saturated carbocycles. The predicted molar refractivity (Wildman–Crippen MR) is 34.5 cm³/mol. The van der Waals surface area contributed by atoms with E-state index < -0.39 is 0 Å². The molecule has 0 spiro atoms. The van der Waals surface area contributed by atoms with Gasteiger partial charge in [-0.3, -0.25) is 0 Å². The topological polar surface area (TPSA) is 0 Å². The maximum absolute atomic E-state index is 0. The van der Waals surface area contributed by atoms with Crippen molar-refractivity contribution in [2.45, 2.75) is 0 Å². The van der Waals surface area contributed by atoms with E-state index in [1.165, 1.54) is 0 Å². The number of rotatable bonds is 0. The molecular formula is B6Zr. The molecule has 0 rings (SSSR count). The molecule has 22 valence electrons. The van der Waals surface area contributed by atoms with Crippen molar-refractivity contribution in [3.8, 4) is 0 Å². The molecule has 0 amide bonds. The smallest absolute Gasteiger partial charge is 0 e. The van der Waals surface area contributed by atoms with Crippen LogP contribution in [0, 0.1) is 0 Å². The first-order valence-corrected chi connectivity index (χ1v) is 0.